The molecule has 7 nitrogen and oxygen atoms in total. The molecule has 0 aliphatic carbocycles. The van der Waals surface area contributed by atoms with Crippen LogP contribution in [0.25, 0.3) is 11.0 Å². The first kappa shape index (κ1) is 14.2. The highest BCUT2D eigenvalue weighted by Gasteiger charge is 2.33. The molecule has 0 spiro atoms. The predicted octanol–water partition coefficient (Wildman–Crippen LogP) is 1.21. The molecule has 2 aliphatic heterocycles. The fourth-order valence-electron chi connectivity index (χ4n) is 3.24. The van der Waals surface area contributed by atoms with Crippen LogP contribution in [0, 0.1) is 0 Å². The molecule has 120 valence electrons. The molecular weight excluding hydrogens is 296 g/mol. The van der Waals surface area contributed by atoms with E-state index >= 15 is 0 Å². The summed E-state index contributed by atoms with van der Waals surface area (Å²) in [5.74, 6) is 0.0736. The van der Waals surface area contributed by atoms with Gasteiger partial charge in [-0.15, -0.1) is 0 Å². The molecule has 0 bridgehead atoms. The number of nitrogens with zero attached hydrogens (tertiary/aromatic N) is 2. The largest absolute Gasteiger partial charge is 0.376 e. The first-order valence-electron chi connectivity index (χ1n) is 7.88. The van der Waals surface area contributed by atoms with Gasteiger partial charge in [-0.2, -0.15) is 0 Å². The zero-order valence-corrected chi connectivity index (χ0v) is 12.6. The molecule has 1 aromatic heterocycles. The Morgan fingerprint density at radius 1 is 1.43 bits per heavy atom. The monoisotopic (exact) mass is 314 g/mol. The molecule has 1 fully saturated rings. The Morgan fingerprint density at radius 3 is 3.13 bits per heavy atom. The molecule has 1 aromatic carbocycles. The van der Waals surface area contributed by atoms with Crippen LogP contribution in [0.4, 0.5) is 5.95 Å². The van der Waals surface area contributed by atoms with Crippen molar-refractivity contribution in [1.29, 1.82) is 0 Å². The summed E-state index contributed by atoms with van der Waals surface area (Å²) in [4.78, 5) is 28.9. The molecular formula is C16H18N4O3. The highest BCUT2D eigenvalue weighted by molar-refractivity contribution is 5.99. The maximum atomic E-state index is 12.6. The number of nitrogens with one attached hydrogen (secondary N) is 2. The molecule has 4 rings (SSSR count). The third-order valence-electron chi connectivity index (χ3n) is 4.37. The normalized spacial score (nSPS) is 23.6. The van der Waals surface area contributed by atoms with Crippen LogP contribution in [-0.4, -0.2) is 40.6 Å². The standard InChI is InChI=1S/C16H18N4O3/c21-14-8-13(15(22)17-9-10-4-3-7-23-10)20-12-6-2-1-5-11(12)18-16(20)19-14/h1-2,5-6,10,13H,3-4,7-9H2,(H,17,22)(H,18,19,21). The van der Waals surface area contributed by atoms with Gasteiger partial charge in [0.2, 0.25) is 17.8 Å². The van der Waals surface area contributed by atoms with E-state index in [-0.39, 0.29) is 24.3 Å². The van der Waals surface area contributed by atoms with Crippen LogP contribution in [0.15, 0.2) is 24.3 Å². The number of hydrogen-bond acceptors (Lipinski definition) is 4. The Bertz CT molecular complexity index is 764. The van der Waals surface area contributed by atoms with Crippen molar-refractivity contribution in [3.8, 4) is 0 Å². The fourth-order valence-corrected chi connectivity index (χ4v) is 3.24. The predicted molar refractivity (Wildman–Crippen MR) is 84.0 cm³/mol. The van der Waals surface area contributed by atoms with Crippen molar-refractivity contribution >= 4 is 28.8 Å². The molecule has 2 N–H and O–H groups in total. The second-order valence-electron chi connectivity index (χ2n) is 5.94. The van der Waals surface area contributed by atoms with E-state index in [9.17, 15) is 9.59 Å². The second kappa shape index (κ2) is 5.66. The highest BCUT2D eigenvalue weighted by Crippen LogP contribution is 2.30. The maximum absolute atomic E-state index is 12.6. The van der Waals surface area contributed by atoms with Gasteiger partial charge in [0.1, 0.15) is 6.04 Å². The molecule has 0 radical (unpaired) electrons. The van der Waals surface area contributed by atoms with Crippen LogP contribution in [-0.2, 0) is 14.3 Å². The summed E-state index contributed by atoms with van der Waals surface area (Å²) < 4.78 is 7.33. The lowest BCUT2D eigenvalue weighted by Gasteiger charge is -2.25. The molecule has 2 unspecified atom stereocenters. The van der Waals surface area contributed by atoms with Crippen LogP contribution in [0.2, 0.25) is 0 Å². The number of para-hydroxylation sites is 2. The number of carbonyl (C=O) groups is 2. The molecule has 2 aromatic rings. The molecule has 7 heteroatoms. The minimum atomic E-state index is -0.576. The lowest BCUT2D eigenvalue weighted by atomic mass is 10.1. The minimum Gasteiger partial charge on any atom is -0.376 e. The van der Waals surface area contributed by atoms with Gasteiger partial charge in [-0.05, 0) is 25.0 Å². The van der Waals surface area contributed by atoms with Gasteiger partial charge in [-0.25, -0.2) is 4.98 Å². The summed E-state index contributed by atoms with van der Waals surface area (Å²) in [6.07, 6.45) is 2.19. The first-order valence-corrected chi connectivity index (χ1v) is 7.88. The van der Waals surface area contributed by atoms with E-state index in [1.54, 1.807) is 0 Å². The molecule has 1 saturated heterocycles. The molecule has 3 heterocycles. The number of amides is 2. The number of carbonyl (C=O) groups excluding carboxylic acids is 2. The van der Waals surface area contributed by atoms with Crippen molar-refractivity contribution in [3.63, 3.8) is 0 Å². The number of benzene rings is 1. The van der Waals surface area contributed by atoms with E-state index in [0.717, 1.165) is 30.5 Å². The number of anilines is 1. The Labute approximate surface area is 133 Å². The number of aromatic nitrogens is 2. The van der Waals surface area contributed by atoms with Crippen LogP contribution < -0.4 is 10.6 Å². The van der Waals surface area contributed by atoms with E-state index in [2.05, 4.69) is 15.6 Å². The number of hydrogen-bond donors (Lipinski definition) is 2. The number of ether oxygens (including phenoxy) is 1. The van der Waals surface area contributed by atoms with Crippen molar-refractivity contribution in [2.75, 3.05) is 18.5 Å². The average Bonchev–Trinajstić information content (AvgIpc) is 3.18. The van der Waals surface area contributed by atoms with E-state index < -0.39 is 6.04 Å². The van der Waals surface area contributed by atoms with E-state index in [4.69, 9.17) is 4.74 Å². The van der Waals surface area contributed by atoms with Crippen LogP contribution in [0.5, 0.6) is 0 Å². The Balaban J connectivity index is 1.61. The van der Waals surface area contributed by atoms with Gasteiger partial charge < -0.3 is 10.1 Å². The summed E-state index contributed by atoms with van der Waals surface area (Å²) >= 11 is 0. The summed E-state index contributed by atoms with van der Waals surface area (Å²) in [5.41, 5.74) is 1.61. The van der Waals surface area contributed by atoms with Crippen molar-refractivity contribution in [3.05, 3.63) is 24.3 Å². The number of rotatable bonds is 3. The highest BCUT2D eigenvalue weighted by atomic mass is 16.5. The van der Waals surface area contributed by atoms with Gasteiger partial charge in [-0.1, -0.05) is 12.1 Å². The van der Waals surface area contributed by atoms with E-state index in [1.807, 2.05) is 28.8 Å². The van der Waals surface area contributed by atoms with E-state index in [1.165, 1.54) is 0 Å². The van der Waals surface area contributed by atoms with Gasteiger partial charge in [-0.3, -0.25) is 19.5 Å². The van der Waals surface area contributed by atoms with Gasteiger partial charge in [0.05, 0.1) is 23.6 Å². The van der Waals surface area contributed by atoms with Gasteiger partial charge in [0.25, 0.3) is 0 Å². The molecule has 2 atom stereocenters. The van der Waals surface area contributed by atoms with Crippen molar-refractivity contribution in [1.82, 2.24) is 14.9 Å². The zero-order valence-electron chi connectivity index (χ0n) is 12.6. The second-order valence-corrected chi connectivity index (χ2v) is 5.94. The Hall–Kier alpha value is -2.41. The fraction of sp³-hybridized carbons (Fsp3) is 0.438. The summed E-state index contributed by atoms with van der Waals surface area (Å²) in [7, 11) is 0. The molecule has 23 heavy (non-hydrogen) atoms. The first-order chi connectivity index (χ1) is 11.2. The van der Waals surface area contributed by atoms with Gasteiger partial charge >= 0.3 is 0 Å². The van der Waals surface area contributed by atoms with Crippen molar-refractivity contribution in [2.24, 2.45) is 0 Å². The molecule has 2 amide bonds. The van der Waals surface area contributed by atoms with Gasteiger partial charge in [0.15, 0.2) is 0 Å². The topological polar surface area (TPSA) is 85.2 Å². The lowest BCUT2D eigenvalue weighted by Crippen LogP contribution is -2.41. The van der Waals surface area contributed by atoms with Gasteiger partial charge in [0, 0.05) is 13.2 Å². The Kier molecular flexibility index (Phi) is 3.49. The number of imidazole rings is 1. The molecule has 0 saturated carbocycles. The van der Waals surface area contributed by atoms with Crippen LogP contribution >= 0.6 is 0 Å². The van der Waals surface area contributed by atoms with E-state index in [0.29, 0.717) is 12.5 Å². The third-order valence-corrected chi connectivity index (χ3v) is 4.37. The summed E-state index contributed by atoms with van der Waals surface area (Å²) in [6.45, 7) is 1.24. The summed E-state index contributed by atoms with van der Waals surface area (Å²) in [6, 6.07) is 6.98. The SMILES string of the molecule is O=C1CC(C(=O)NCC2CCCO2)n2c(nc3ccccc32)N1. The zero-order chi connectivity index (χ0) is 15.8. The third kappa shape index (κ3) is 2.57. The minimum absolute atomic E-state index is 0.0790. The molecule has 2 aliphatic rings. The average molecular weight is 314 g/mol. The van der Waals surface area contributed by atoms with Crippen LogP contribution in [0.1, 0.15) is 25.3 Å². The van der Waals surface area contributed by atoms with Crippen molar-refractivity contribution in [2.45, 2.75) is 31.4 Å². The number of fused-ring (bicyclic) bond motifs is 3. The van der Waals surface area contributed by atoms with Crippen molar-refractivity contribution < 1.29 is 14.3 Å². The Morgan fingerprint density at radius 2 is 2.30 bits per heavy atom. The smallest absolute Gasteiger partial charge is 0.243 e. The maximum Gasteiger partial charge on any atom is 0.243 e. The quantitative estimate of drug-likeness (QED) is 0.892. The lowest BCUT2D eigenvalue weighted by molar-refractivity contribution is -0.128. The summed E-state index contributed by atoms with van der Waals surface area (Å²) in [5, 5.41) is 5.66. The van der Waals surface area contributed by atoms with Crippen LogP contribution in [0.3, 0.4) is 0 Å².